The summed E-state index contributed by atoms with van der Waals surface area (Å²) >= 11 is 0. The van der Waals surface area contributed by atoms with Gasteiger partial charge in [-0.1, -0.05) is 24.3 Å². The first-order chi connectivity index (χ1) is 28.5. The van der Waals surface area contributed by atoms with E-state index in [4.69, 9.17) is 10.5 Å². The Hall–Kier alpha value is -6.67. The first-order valence-electron chi connectivity index (χ1n) is 20.1. The van der Waals surface area contributed by atoms with Crippen molar-refractivity contribution in [2.45, 2.75) is 77.0 Å². The average molecular weight is 789 g/mol. The predicted molar refractivity (Wildman–Crippen MR) is 228 cm³/mol. The molecule has 0 aliphatic heterocycles. The van der Waals surface area contributed by atoms with Crippen molar-refractivity contribution < 1.29 is 9.53 Å². The zero-order valence-corrected chi connectivity index (χ0v) is 34.0. The van der Waals surface area contributed by atoms with Crippen molar-refractivity contribution in [2.24, 2.45) is 19.8 Å². The number of H-pyrrole nitrogens is 2. The highest BCUT2D eigenvalue weighted by atomic mass is 16.6. The van der Waals surface area contributed by atoms with Gasteiger partial charge in [-0.3, -0.25) is 9.36 Å². The standard InChI is InChI=1S/C25H28N6O2.C20H20N6/c1-25(2,3)33-24(32)30-20-7-5-6-15-10-16(8-9-18(15)20)22-19-11-21(17-12-28-31(4)13-17)29-23(19)27-14-26-22;1-26-10-14(9-24-26)18-8-16-19(22-11-23-20(16)25-18)13-5-6-15-12(7-13)3-2-4-17(15)21/h8-14,20H,5-7H2,1-4H3,(H,30,32)(H,26,27,29);5-11,17H,2-4,21H2,1H3,(H,22,23,25). The second-order valence-corrected chi connectivity index (χ2v) is 16.6. The van der Waals surface area contributed by atoms with Crippen LogP contribution in [0.3, 0.4) is 0 Å². The van der Waals surface area contributed by atoms with Gasteiger partial charge in [0.05, 0.1) is 41.2 Å². The fourth-order valence-corrected chi connectivity index (χ4v) is 8.33. The number of hydrogen-bond acceptors (Lipinski definition) is 9. The molecule has 14 nitrogen and oxygen atoms in total. The van der Waals surface area contributed by atoms with Crippen LogP contribution in [0.2, 0.25) is 0 Å². The van der Waals surface area contributed by atoms with Crippen LogP contribution in [0.15, 0.2) is 86.0 Å². The number of benzene rings is 2. The maximum atomic E-state index is 12.3. The Bertz CT molecular complexity index is 2820. The minimum atomic E-state index is -0.519. The van der Waals surface area contributed by atoms with E-state index in [0.717, 1.165) is 111 Å². The van der Waals surface area contributed by atoms with Gasteiger partial charge in [0.25, 0.3) is 0 Å². The van der Waals surface area contributed by atoms with E-state index < -0.39 is 5.60 Å². The van der Waals surface area contributed by atoms with Gasteiger partial charge in [0.1, 0.15) is 29.6 Å². The number of nitrogens with zero attached hydrogens (tertiary/aromatic N) is 8. The third kappa shape index (κ3) is 7.83. The molecular weight excluding hydrogens is 741 g/mol. The fraction of sp³-hybridized carbons (Fsp3) is 0.311. The van der Waals surface area contributed by atoms with Crippen molar-refractivity contribution in [1.29, 1.82) is 0 Å². The summed E-state index contributed by atoms with van der Waals surface area (Å²) in [5, 5.41) is 13.5. The molecule has 300 valence electrons. The molecule has 0 fully saturated rings. The number of aromatic amines is 2. The molecule has 1 amide bonds. The maximum Gasteiger partial charge on any atom is 0.408 e. The zero-order chi connectivity index (χ0) is 40.8. The van der Waals surface area contributed by atoms with Gasteiger partial charge in [-0.25, -0.2) is 24.7 Å². The lowest BCUT2D eigenvalue weighted by atomic mass is 9.86. The Balaban J connectivity index is 0.000000156. The highest BCUT2D eigenvalue weighted by Crippen LogP contribution is 2.37. The third-order valence-electron chi connectivity index (χ3n) is 11.1. The van der Waals surface area contributed by atoms with Gasteiger partial charge in [0.15, 0.2) is 0 Å². The summed E-state index contributed by atoms with van der Waals surface area (Å²) in [4.78, 5) is 37.1. The van der Waals surface area contributed by atoms with Gasteiger partial charge >= 0.3 is 6.09 Å². The number of carbonyl (C=O) groups is 1. The number of aromatic nitrogens is 10. The minimum Gasteiger partial charge on any atom is -0.444 e. The highest BCUT2D eigenvalue weighted by Gasteiger charge is 2.26. The van der Waals surface area contributed by atoms with E-state index in [0.29, 0.717) is 0 Å². The lowest BCUT2D eigenvalue weighted by Crippen LogP contribution is -2.36. The van der Waals surface area contributed by atoms with E-state index in [2.05, 4.69) is 93.9 Å². The van der Waals surface area contributed by atoms with Gasteiger partial charge in [-0.2, -0.15) is 10.2 Å². The first-order valence-corrected chi connectivity index (χ1v) is 20.1. The van der Waals surface area contributed by atoms with Crippen LogP contribution in [0.1, 0.15) is 80.8 Å². The SMILES string of the molecule is Cn1cc(-c2cc3c(-c4ccc5c(c4)CCCC5N)ncnc3[nH]2)cn1.Cn1cc(-c2cc3c(-c4ccc5c(c4)CCCC5NC(=O)OC(C)(C)C)ncnc3[nH]2)cn1. The number of aryl methyl sites for hydroxylation is 4. The molecule has 5 N–H and O–H groups in total. The molecule has 2 aromatic carbocycles. The minimum absolute atomic E-state index is 0.0486. The summed E-state index contributed by atoms with van der Waals surface area (Å²) in [6.45, 7) is 5.62. The first kappa shape index (κ1) is 37.9. The Morgan fingerprint density at radius 1 is 0.729 bits per heavy atom. The van der Waals surface area contributed by atoms with Crippen molar-refractivity contribution in [3.63, 3.8) is 0 Å². The van der Waals surface area contributed by atoms with Crippen LogP contribution in [-0.2, 0) is 31.7 Å². The van der Waals surface area contributed by atoms with Gasteiger partial charge in [0.2, 0.25) is 0 Å². The Labute approximate surface area is 341 Å². The summed E-state index contributed by atoms with van der Waals surface area (Å²) in [6, 6.07) is 17.2. The second kappa shape index (κ2) is 15.3. The molecule has 2 aliphatic carbocycles. The molecule has 0 bridgehead atoms. The third-order valence-corrected chi connectivity index (χ3v) is 11.1. The van der Waals surface area contributed by atoms with Crippen molar-refractivity contribution in [1.82, 2.24) is 54.8 Å². The smallest absolute Gasteiger partial charge is 0.408 e. The molecule has 14 heteroatoms. The van der Waals surface area contributed by atoms with Crippen molar-refractivity contribution in [2.75, 3.05) is 0 Å². The molecule has 10 rings (SSSR count). The summed E-state index contributed by atoms with van der Waals surface area (Å²) in [6.07, 6.45) is 16.6. The largest absolute Gasteiger partial charge is 0.444 e. The number of nitrogens with one attached hydrogen (secondary N) is 3. The van der Waals surface area contributed by atoms with E-state index >= 15 is 0 Å². The van der Waals surface area contributed by atoms with Gasteiger partial charge < -0.3 is 25.8 Å². The second-order valence-electron chi connectivity index (χ2n) is 16.6. The van der Waals surface area contributed by atoms with Crippen molar-refractivity contribution in [3.05, 3.63) is 108 Å². The zero-order valence-electron chi connectivity index (χ0n) is 34.0. The van der Waals surface area contributed by atoms with Crippen molar-refractivity contribution >= 4 is 28.2 Å². The number of carbonyl (C=O) groups excluding carboxylic acids is 1. The molecule has 0 radical (unpaired) electrons. The molecular formula is C45H48N12O2. The van der Waals surface area contributed by atoms with E-state index in [-0.39, 0.29) is 18.2 Å². The fourth-order valence-electron chi connectivity index (χ4n) is 8.33. The van der Waals surface area contributed by atoms with Crippen LogP contribution in [0.4, 0.5) is 4.79 Å². The Morgan fingerprint density at radius 3 is 1.78 bits per heavy atom. The predicted octanol–water partition coefficient (Wildman–Crippen LogP) is 8.29. The van der Waals surface area contributed by atoms with Gasteiger partial charge in [-0.15, -0.1) is 0 Å². The topological polar surface area (TPSA) is 183 Å². The van der Waals surface area contributed by atoms with Gasteiger partial charge in [0, 0.05) is 65.6 Å². The number of alkyl carbamates (subject to hydrolysis) is 1. The number of rotatable bonds is 5. The molecule has 59 heavy (non-hydrogen) atoms. The summed E-state index contributed by atoms with van der Waals surface area (Å²) in [5.74, 6) is 0. The van der Waals surface area contributed by atoms with Crippen LogP contribution in [0.25, 0.3) is 67.1 Å². The molecule has 0 saturated carbocycles. The van der Waals surface area contributed by atoms with Crippen LogP contribution >= 0.6 is 0 Å². The monoisotopic (exact) mass is 788 g/mol. The van der Waals surface area contributed by atoms with E-state index in [1.165, 1.54) is 16.7 Å². The average Bonchev–Trinajstić information content (AvgIpc) is 4.03. The number of nitrogens with two attached hydrogens (primary N) is 1. The Kier molecular flexibility index (Phi) is 9.79. The number of hydrogen-bond donors (Lipinski definition) is 4. The quantitative estimate of drug-likeness (QED) is 0.133. The summed E-state index contributed by atoms with van der Waals surface area (Å²) < 4.78 is 9.03. The molecule has 6 aromatic heterocycles. The number of amides is 1. The van der Waals surface area contributed by atoms with Crippen LogP contribution in [0.5, 0.6) is 0 Å². The van der Waals surface area contributed by atoms with E-state index in [9.17, 15) is 4.79 Å². The lowest BCUT2D eigenvalue weighted by molar-refractivity contribution is 0.0498. The number of fused-ring (bicyclic) bond motifs is 4. The summed E-state index contributed by atoms with van der Waals surface area (Å²) in [7, 11) is 3.81. The van der Waals surface area contributed by atoms with E-state index in [1.54, 1.807) is 22.0 Å². The normalized spacial score (nSPS) is 16.3. The Morgan fingerprint density at radius 2 is 1.25 bits per heavy atom. The van der Waals surface area contributed by atoms with E-state index in [1.807, 2.05) is 59.7 Å². The molecule has 6 heterocycles. The maximum absolute atomic E-state index is 12.3. The van der Waals surface area contributed by atoms with Crippen LogP contribution in [0, 0.1) is 0 Å². The van der Waals surface area contributed by atoms with Crippen LogP contribution < -0.4 is 11.1 Å². The molecule has 2 aliphatic rings. The lowest BCUT2D eigenvalue weighted by Gasteiger charge is -2.28. The van der Waals surface area contributed by atoms with Crippen LogP contribution in [-0.4, -0.2) is 61.2 Å². The molecule has 0 spiro atoms. The van der Waals surface area contributed by atoms with Crippen molar-refractivity contribution in [3.8, 4) is 45.0 Å². The summed E-state index contributed by atoms with van der Waals surface area (Å²) in [5.41, 5.74) is 20.3. The highest BCUT2D eigenvalue weighted by molar-refractivity contribution is 5.95. The molecule has 0 saturated heterocycles. The molecule has 2 unspecified atom stereocenters. The number of ether oxygens (including phenoxy) is 1. The molecule has 2 atom stereocenters. The van der Waals surface area contributed by atoms with Gasteiger partial charge in [-0.05, 0) is 106 Å². The molecule has 8 aromatic rings.